The van der Waals surface area contributed by atoms with Crippen LogP contribution in [-0.2, 0) is 4.74 Å². The van der Waals surface area contributed by atoms with Gasteiger partial charge in [-0.3, -0.25) is 4.90 Å². The molecular weight excluding hydrogens is 308 g/mol. The number of anilines is 1. The first-order valence-electron chi connectivity index (χ1n) is 8.50. The quantitative estimate of drug-likeness (QED) is 0.854. The molecule has 1 aliphatic heterocycles. The molecule has 1 saturated heterocycles. The van der Waals surface area contributed by atoms with Gasteiger partial charge in [-0.2, -0.15) is 10.1 Å². The van der Waals surface area contributed by atoms with Gasteiger partial charge in [-0.1, -0.05) is 5.16 Å². The van der Waals surface area contributed by atoms with Crippen LogP contribution >= 0.6 is 0 Å². The van der Waals surface area contributed by atoms with Crippen molar-refractivity contribution in [2.24, 2.45) is 0 Å². The van der Waals surface area contributed by atoms with Gasteiger partial charge in [0.1, 0.15) is 5.82 Å². The largest absolute Gasteiger partial charge is 0.374 e. The average Bonchev–Trinajstić information content (AvgIpc) is 3.37. The molecule has 24 heavy (non-hydrogen) atoms. The molecular formula is C16H22N6O2. The van der Waals surface area contributed by atoms with E-state index in [-0.39, 0.29) is 12.1 Å². The van der Waals surface area contributed by atoms with Crippen molar-refractivity contribution in [1.82, 2.24) is 25.2 Å². The van der Waals surface area contributed by atoms with Gasteiger partial charge in [0.15, 0.2) is 5.82 Å². The minimum absolute atomic E-state index is 0.0917. The molecule has 0 unspecified atom stereocenters. The van der Waals surface area contributed by atoms with E-state index in [0.29, 0.717) is 25.0 Å². The van der Waals surface area contributed by atoms with Gasteiger partial charge in [0.25, 0.3) is 0 Å². The molecule has 0 aromatic carbocycles. The SMILES string of the molecule is C[C@H](c1nc(C2CC2)no1)N1CCO[C@@H](CNc2cccnn2)C1. The second-order valence-corrected chi connectivity index (χ2v) is 6.42. The van der Waals surface area contributed by atoms with Crippen LogP contribution in [0.3, 0.4) is 0 Å². The lowest BCUT2D eigenvalue weighted by Crippen LogP contribution is -2.46. The Kier molecular flexibility index (Phi) is 4.40. The van der Waals surface area contributed by atoms with Crippen molar-refractivity contribution in [1.29, 1.82) is 0 Å². The number of ether oxygens (including phenoxy) is 1. The lowest BCUT2D eigenvalue weighted by molar-refractivity contribution is -0.0386. The van der Waals surface area contributed by atoms with Crippen LogP contribution in [-0.4, -0.2) is 57.6 Å². The van der Waals surface area contributed by atoms with Gasteiger partial charge < -0.3 is 14.6 Å². The van der Waals surface area contributed by atoms with Gasteiger partial charge in [0, 0.05) is 31.7 Å². The summed E-state index contributed by atoms with van der Waals surface area (Å²) >= 11 is 0. The van der Waals surface area contributed by atoms with E-state index in [4.69, 9.17) is 9.26 Å². The highest BCUT2D eigenvalue weighted by Gasteiger charge is 2.32. The first kappa shape index (κ1) is 15.5. The third-order valence-corrected chi connectivity index (χ3v) is 4.56. The van der Waals surface area contributed by atoms with E-state index in [1.54, 1.807) is 6.20 Å². The van der Waals surface area contributed by atoms with Gasteiger partial charge in [-0.25, -0.2) is 0 Å². The lowest BCUT2D eigenvalue weighted by atomic mass is 10.2. The van der Waals surface area contributed by atoms with Gasteiger partial charge in [0.2, 0.25) is 5.89 Å². The minimum atomic E-state index is 0.0917. The summed E-state index contributed by atoms with van der Waals surface area (Å²) in [5.41, 5.74) is 0. The average molecular weight is 330 g/mol. The molecule has 0 radical (unpaired) electrons. The molecule has 0 bridgehead atoms. The fraction of sp³-hybridized carbons (Fsp3) is 0.625. The fourth-order valence-corrected chi connectivity index (χ4v) is 2.91. The molecule has 0 amide bonds. The first-order valence-corrected chi connectivity index (χ1v) is 8.50. The van der Waals surface area contributed by atoms with E-state index in [0.717, 1.165) is 24.7 Å². The number of nitrogens with zero attached hydrogens (tertiary/aromatic N) is 5. The van der Waals surface area contributed by atoms with Crippen molar-refractivity contribution in [2.75, 3.05) is 31.6 Å². The second kappa shape index (κ2) is 6.82. The summed E-state index contributed by atoms with van der Waals surface area (Å²) in [7, 11) is 0. The summed E-state index contributed by atoms with van der Waals surface area (Å²) in [5.74, 6) is 2.85. The molecule has 2 aliphatic rings. The number of morpholine rings is 1. The Balaban J connectivity index is 1.33. The van der Waals surface area contributed by atoms with Crippen LogP contribution in [0.4, 0.5) is 5.82 Å². The third-order valence-electron chi connectivity index (χ3n) is 4.56. The first-order chi connectivity index (χ1) is 11.8. The van der Waals surface area contributed by atoms with Crippen LogP contribution in [0.15, 0.2) is 22.9 Å². The van der Waals surface area contributed by atoms with Crippen molar-refractivity contribution >= 4 is 5.82 Å². The molecule has 1 aliphatic carbocycles. The maximum absolute atomic E-state index is 5.85. The van der Waals surface area contributed by atoms with Crippen LogP contribution < -0.4 is 5.32 Å². The molecule has 1 N–H and O–H groups in total. The zero-order valence-corrected chi connectivity index (χ0v) is 13.8. The van der Waals surface area contributed by atoms with Crippen LogP contribution in [0.1, 0.15) is 43.4 Å². The summed E-state index contributed by atoms with van der Waals surface area (Å²) in [6, 6.07) is 3.86. The molecule has 0 spiro atoms. The van der Waals surface area contributed by atoms with E-state index in [1.807, 2.05) is 12.1 Å². The summed E-state index contributed by atoms with van der Waals surface area (Å²) < 4.78 is 11.3. The number of hydrogen-bond donors (Lipinski definition) is 1. The number of nitrogens with one attached hydrogen (secondary N) is 1. The smallest absolute Gasteiger partial charge is 0.243 e. The molecule has 8 heteroatoms. The zero-order chi connectivity index (χ0) is 16.4. The maximum atomic E-state index is 5.85. The highest BCUT2D eigenvalue weighted by molar-refractivity contribution is 5.31. The highest BCUT2D eigenvalue weighted by Crippen LogP contribution is 2.38. The van der Waals surface area contributed by atoms with Gasteiger partial charge in [-0.15, -0.1) is 5.10 Å². The Labute approximate surface area is 140 Å². The summed E-state index contributed by atoms with van der Waals surface area (Å²) in [6.07, 6.45) is 4.11. The van der Waals surface area contributed by atoms with Gasteiger partial charge in [0.05, 0.1) is 18.8 Å². The molecule has 2 fully saturated rings. The predicted molar refractivity (Wildman–Crippen MR) is 86.5 cm³/mol. The lowest BCUT2D eigenvalue weighted by Gasteiger charge is -2.35. The van der Waals surface area contributed by atoms with E-state index in [9.17, 15) is 0 Å². The third kappa shape index (κ3) is 3.54. The van der Waals surface area contributed by atoms with Crippen LogP contribution in [0.5, 0.6) is 0 Å². The molecule has 2 aromatic heterocycles. The Bertz CT molecular complexity index is 660. The van der Waals surface area contributed by atoms with Crippen molar-refractivity contribution in [3.05, 3.63) is 30.0 Å². The Morgan fingerprint density at radius 1 is 1.42 bits per heavy atom. The monoisotopic (exact) mass is 330 g/mol. The molecule has 8 nitrogen and oxygen atoms in total. The molecule has 2 aromatic rings. The molecule has 128 valence electrons. The van der Waals surface area contributed by atoms with Crippen LogP contribution in [0, 0.1) is 0 Å². The minimum Gasteiger partial charge on any atom is -0.374 e. The van der Waals surface area contributed by atoms with Crippen LogP contribution in [0.25, 0.3) is 0 Å². The van der Waals surface area contributed by atoms with E-state index in [2.05, 4.69) is 37.5 Å². The van der Waals surface area contributed by atoms with Crippen LogP contribution in [0.2, 0.25) is 0 Å². The van der Waals surface area contributed by atoms with Gasteiger partial charge in [-0.05, 0) is 31.9 Å². The number of aromatic nitrogens is 4. The number of hydrogen-bond acceptors (Lipinski definition) is 8. The van der Waals surface area contributed by atoms with E-state index < -0.39 is 0 Å². The molecule has 2 atom stereocenters. The fourth-order valence-electron chi connectivity index (χ4n) is 2.91. The van der Waals surface area contributed by atoms with E-state index >= 15 is 0 Å². The topological polar surface area (TPSA) is 89.2 Å². The molecule has 1 saturated carbocycles. The van der Waals surface area contributed by atoms with Crippen molar-refractivity contribution in [3.63, 3.8) is 0 Å². The van der Waals surface area contributed by atoms with Crippen molar-refractivity contribution < 1.29 is 9.26 Å². The second-order valence-electron chi connectivity index (χ2n) is 6.42. The normalized spacial score (nSPS) is 23.1. The van der Waals surface area contributed by atoms with Crippen molar-refractivity contribution in [2.45, 2.75) is 37.8 Å². The standard InChI is InChI=1S/C16H22N6O2/c1-11(16-19-15(21-24-16)12-4-5-12)22-7-8-23-13(10-22)9-17-14-3-2-6-18-20-14/h2-3,6,11-13H,4-5,7-10H2,1H3,(H,17,20)/t11-,13+/m1/s1. The molecule has 3 heterocycles. The number of rotatable bonds is 6. The summed E-state index contributed by atoms with van der Waals surface area (Å²) in [6.45, 7) is 5.18. The Hall–Kier alpha value is -2.06. The van der Waals surface area contributed by atoms with Gasteiger partial charge >= 0.3 is 0 Å². The summed E-state index contributed by atoms with van der Waals surface area (Å²) in [4.78, 5) is 6.90. The molecule has 4 rings (SSSR count). The zero-order valence-electron chi connectivity index (χ0n) is 13.8. The Morgan fingerprint density at radius 3 is 3.12 bits per heavy atom. The predicted octanol–water partition coefficient (Wildman–Crippen LogP) is 1.61. The highest BCUT2D eigenvalue weighted by atomic mass is 16.5. The van der Waals surface area contributed by atoms with E-state index in [1.165, 1.54) is 12.8 Å². The Morgan fingerprint density at radius 2 is 2.33 bits per heavy atom. The maximum Gasteiger partial charge on any atom is 0.243 e. The van der Waals surface area contributed by atoms with Crippen molar-refractivity contribution in [3.8, 4) is 0 Å². The summed E-state index contributed by atoms with van der Waals surface area (Å²) in [5, 5.41) is 15.3.